The van der Waals surface area contributed by atoms with E-state index in [0.29, 0.717) is 11.6 Å². The fourth-order valence-corrected chi connectivity index (χ4v) is 3.85. The molecule has 1 amide bonds. The van der Waals surface area contributed by atoms with Crippen molar-refractivity contribution in [3.8, 4) is 0 Å². The summed E-state index contributed by atoms with van der Waals surface area (Å²) in [4.78, 5) is 18.7. The zero-order chi connectivity index (χ0) is 16.9. The Balaban J connectivity index is 1.52. The number of nitrogens with zero attached hydrogens (tertiary/aromatic N) is 3. The zero-order valence-corrected chi connectivity index (χ0v) is 15.0. The molecule has 0 aromatic carbocycles. The van der Waals surface area contributed by atoms with E-state index < -0.39 is 0 Å². The summed E-state index contributed by atoms with van der Waals surface area (Å²) < 4.78 is 5.00. The molecule has 1 fully saturated rings. The molecule has 7 heteroatoms. The Kier molecular flexibility index (Phi) is 5.65. The van der Waals surface area contributed by atoms with Crippen LogP contribution in [0.4, 0.5) is 5.82 Å². The summed E-state index contributed by atoms with van der Waals surface area (Å²) in [7, 11) is 0. The molecule has 1 aliphatic heterocycles. The van der Waals surface area contributed by atoms with Gasteiger partial charge in [-0.1, -0.05) is 18.1 Å². The normalized spacial score (nSPS) is 17.8. The van der Waals surface area contributed by atoms with Crippen molar-refractivity contribution >= 4 is 23.1 Å². The minimum Gasteiger partial charge on any atom is -0.360 e. The lowest BCUT2D eigenvalue weighted by atomic mass is 10.1. The van der Waals surface area contributed by atoms with Crippen LogP contribution in [-0.2, 0) is 11.3 Å². The van der Waals surface area contributed by atoms with Gasteiger partial charge in [-0.25, -0.2) is 0 Å². The number of aromatic nitrogens is 1. The third-order valence-electron chi connectivity index (χ3n) is 4.38. The minimum absolute atomic E-state index is 0.00231. The van der Waals surface area contributed by atoms with Gasteiger partial charge in [-0.2, -0.15) is 0 Å². The first-order valence-electron chi connectivity index (χ1n) is 8.38. The molecule has 1 N–H and O–H groups in total. The van der Waals surface area contributed by atoms with Crippen molar-refractivity contribution in [1.82, 2.24) is 15.0 Å². The molecule has 1 aliphatic rings. The van der Waals surface area contributed by atoms with Crippen molar-refractivity contribution in [2.45, 2.75) is 32.9 Å². The van der Waals surface area contributed by atoms with Crippen molar-refractivity contribution in [3.05, 3.63) is 34.2 Å². The summed E-state index contributed by atoms with van der Waals surface area (Å²) in [5.41, 5.74) is 0. The van der Waals surface area contributed by atoms with Gasteiger partial charge in [0.05, 0.1) is 6.04 Å². The summed E-state index contributed by atoms with van der Waals surface area (Å²) in [6, 6.07) is 5.90. The predicted molar refractivity (Wildman–Crippen MR) is 95.1 cm³/mol. The third-order valence-corrected chi connectivity index (χ3v) is 5.24. The van der Waals surface area contributed by atoms with Crippen molar-refractivity contribution in [1.29, 1.82) is 0 Å². The highest BCUT2D eigenvalue weighted by atomic mass is 32.1. The van der Waals surface area contributed by atoms with Gasteiger partial charge in [0.2, 0.25) is 5.91 Å². The van der Waals surface area contributed by atoms with Gasteiger partial charge >= 0.3 is 0 Å². The standard InChI is InChI=1S/C17H24N4O2S/c1-3-15(17(22)18-16-11-13(2)23-19-16)21-8-6-20(7-9-21)12-14-5-4-10-24-14/h4-5,10-11,15H,3,6-9,12H2,1-2H3,(H,18,19,22)/t15-/m0/s1. The number of hydrogen-bond acceptors (Lipinski definition) is 6. The van der Waals surface area contributed by atoms with Crippen LogP contribution in [0.5, 0.6) is 0 Å². The molecule has 2 aromatic heterocycles. The summed E-state index contributed by atoms with van der Waals surface area (Å²) in [5, 5.41) is 8.82. The smallest absolute Gasteiger partial charge is 0.242 e. The van der Waals surface area contributed by atoms with Gasteiger partial charge in [0.1, 0.15) is 5.76 Å². The number of hydrogen-bond donors (Lipinski definition) is 1. The average molecular weight is 348 g/mol. The molecule has 2 aromatic rings. The van der Waals surface area contributed by atoms with E-state index in [9.17, 15) is 4.79 Å². The number of thiophene rings is 1. The van der Waals surface area contributed by atoms with E-state index >= 15 is 0 Å². The van der Waals surface area contributed by atoms with E-state index in [1.54, 1.807) is 17.4 Å². The average Bonchev–Trinajstić information content (AvgIpc) is 3.22. The van der Waals surface area contributed by atoms with Gasteiger partial charge in [-0.05, 0) is 24.8 Å². The molecule has 0 radical (unpaired) electrons. The molecule has 0 spiro atoms. The number of nitrogens with one attached hydrogen (secondary N) is 1. The molecular weight excluding hydrogens is 324 g/mol. The summed E-state index contributed by atoms with van der Waals surface area (Å²) in [6.45, 7) is 8.68. The molecule has 0 bridgehead atoms. The minimum atomic E-state index is -0.120. The number of amides is 1. The SMILES string of the molecule is CC[C@@H](C(=O)Nc1cc(C)on1)N1CCN(Cc2cccs2)CC1. The number of anilines is 1. The largest absolute Gasteiger partial charge is 0.360 e. The third kappa shape index (κ3) is 4.23. The van der Waals surface area contributed by atoms with Crippen LogP contribution < -0.4 is 5.32 Å². The van der Waals surface area contributed by atoms with Crippen LogP contribution in [0.1, 0.15) is 24.0 Å². The van der Waals surface area contributed by atoms with Gasteiger partial charge in [-0.3, -0.25) is 14.6 Å². The van der Waals surface area contributed by atoms with E-state index in [2.05, 4.69) is 44.7 Å². The summed E-state index contributed by atoms with van der Waals surface area (Å²) >= 11 is 1.80. The molecular formula is C17H24N4O2S. The predicted octanol–water partition coefficient (Wildman–Crippen LogP) is 2.58. The van der Waals surface area contributed by atoms with Gasteiger partial charge in [-0.15, -0.1) is 11.3 Å². The van der Waals surface area contributed by atoms with Crippen molar-refractivity contribution < 1.29 is 9.32 Å². The molecule has 130 valence electrons. The lowest BCUT2D eigenvalue weighted by Gasteiger charge is -2.38. The molecule has 1 atom stereocenters. The lowest BCUT2D eigenvalue weighted by Crippen LogP contribution is -2.53. The Morgan fingerprint density at radius 1 is 1.42 bits per heavy atom. The first kappa shape index (κ1) is 17.1. The number of rotatable bonds is 6. The molecule has 0 saturated carbocycles. The highest BCUT2D eigenvalue weighted by Gasteiger charge is 2.28. The topological polar surface area (TPSA) is 61.6 Å². The van der Waals surface area contributed by atoms with E-state index in [1.165, 1.54) is 4.88 Å². The molecule has 3 heterocycles. The maximum atomic E-state index is 12.5. The molecule has 1 saturated heterocycles. The maximum Gasteiger partial charge on any atom is 0.242 e. The lowest BCUT2D eigenvalue weighted by molar-refractivity contribution is -0.122. The number of aryl methyl sites for hydroxylation is 1. The van der Waals surface area contributed by atoms with E-state index in [4.69, 9.17) is 4.52 Å². The molecule has 3 rings (SSSR count). The Morgan fingerprint density at radius 2 is 2.21 bits per heavy atom. The first-order chi connectivity index (χ1) is 11.7. The Bertz CT molecular complexity index is 647. The zero-order valence-electron chi connectivity index (χ0n) is 14.2. The van der Waals surface area contributed by atoms with Crippen molar-refractivity contribution in [2.75, 3.05) is 31.5 Å². The van der Waals surface area contributed by atoms with E-state index in [1.807, 2.05) is 6.92 Å². The summed E-state index contributed by atoms with van der Waals surface area (Å²) in [5.74, 6) is 1.19. The first-order valence-corrected chi connectivity index (χ1v) is 9.26. The van der Waals surface area contributed by atoms with Crippen LogP contribution in [0.3, 0.4) is 0 Å². The highest BCUT2D eigenvalue weighted by molar-refractivity contribution is 7.09. The van der Waals surface area contributed by atoms with Crippen LogP contribution in [-0.4, -0.2) is 53.1 Å². The number of carbonyl (C=O) groups is 1. The van der Waals surface area contributed by atoms with Gasteiger partial charge in [0, 0.05) is 43.7 Å². The second-order valence-corrected chi connectivity index (χ2v) is 7.16. The van der Waals surface area contributed by atoms with Crippen molar-refractivity contribution in [3.63, 3.8) is 0 Å². The Morgan fingerprint density at radius 3 is 2.79 bits per heavy atom. The number of carbonyl (C=O) groups excluding carboxylic acids is 1. The second-order valence-electron chi connectivity index (χ2n) is 6.13. The Labute approximate surface area is 146 Å². The fraction of sp³-hybridized carbons (Fsp3) is 0.529. The van der Waals surface area contributed by atoms with Crippen LogP contribution in [0.15, 0.2) is 28.1 Å². The Hall–Kier alpha value is -1.70. The highest BCUT2D eigenvalue weighted by Crippen LogP contribution is 2.16. The number of piperazine rings is 1. The second kappa shape index (κ2) is 7.92. The van der Waals surface area contributed by atoms with Crippen LogP contribution in [0.25, 0.3) is 0 Å². The quantitative estimate of drug-likeness (QED) is 0.869. The van der Waals surface area contributed by atoms with Crippen LogP contribution in [0, 0.1) is 6.92 Å². The van der Waals surface area contributed by atoms with E-state index in [-0.39, 0.29) is 11.9 Å². The van der Waals surface area contributed by atoms with Crippen molar-refractivity contribution in [2.24, 2.45) is 0 Å². The van der Waals surface area contributed by atoms with Gasteiger partial charge in [0.15, 0.2) is 5.82 Å². The van der Waals surface area contributed by atoms with Crippen LogP contribution >= 0.6 is 11.3 Å². The fourth-order valence-electron chi connectivity index (χ4n) is 3.10. The monoisotopic (exact) mass is 348 g/mol. The summed E-state index contributed by atoms with van der Waals surface area (Å²) in [6.07, 6.45) is 0.785. The molecule has 0 aliphatic carbocycles. The van der Waals surface area contributed by atoms with Gasteiger partial charge in [0.25, 0.3) is 0 Å². The van der Waals surface area contributed by atoms with Gasteiger partial charge < -0.3 is 9.84 Å². The van der Waals surface area contributed by atoms with E-state index in [0.717, 1.165) is 39.1 Å². The molecule has 0 unspecified atom stereocenters. The molecule has 6 nitrogen and oxygen atoms in total. The molecule has 24 heavy (non-hydrogen) atoms. The maximum absolute atomic E-state index is 12.5. The van der Waals surface area contributed by atoms with Crippen LogP contribution in [0.2, 0.25) is 0 Å².